The molecule has 1 fully saturated rings. The predicted octanol–water partition coefficient (Wildman–Crippen LogP) is 3.68. The van der Waals surface area contributed by atoms with Gasteiger partial charge in [-0.3, -0.25) is 0 Å². The molecule has 0 saturated carbocycles. The quantitative estimate of drug-likeness (QED) is 0.538. The van der Waals surface area contributed by atoms with E-state index in [0.29, 0.717) is 0 Å². The zero-order valence-electron chi connectivity index (χ0n) is 13.1. The Hall–Kier alpha value is -1.48. The summed E-state index contributed by atoms with van der Waals surface area (Å²) < 4.78 is 11.3. The van der Waals surface area contributed by atoms with Gasteiger partial charge in [-0.05, 0) is 56.5 Å². The van der Waals surface area contributed by atoms with Crippen molar-refractivity contribution in [3.05, 3.63) is 36.4 Å². The standard InChI is InChI=1S/C18H27NO2/c1-3-8-16-9-10-17(18(15-16)20-2)21-14-7-13-19-11-5-4-6-12-19/h3,9-10,15H,1,4-8,11-14H2,2H3. The maximum absolute atomic E-state index is 5.87. The average molecular weight is 289 g/mol. The first-order chi connectivity index (χ1) is 10.3. The van der Waals surface area contributed by atoms with Crippen LogP contribution in [0, 0.1) is 0 Å². The van der Waals surface area contributed by atoms with Gasteiger partial charge in [0.25, 0.3) is 0 Å². The number of benzene rings is 1. The monoisotopic (exact) mass is 289 g/mol. The molecule has 0 unspecified atom stereocenters. The number of methoxy groups -OCH3 is 1. The van der Waals surface area contributed by atoms with Gasteiger partial charge in [-0.25, -0.2) is 0 Å². The zero-order chi connectivity index (χ0) is 14.9. The minimum absolute atomic E-state index is 0.744. The second-order valence-corrected chi connectivity index (χ2v) is 5.58. The largest absolute Gasteiger partial charge is 0.493 e. The Balaban J connectivity index is 1.77. The number of allylic oxidation sites excluding steroid dienone is 1. The molecule has 1 saturated heterocycles. The predicted molar refractivity (Wildman–Crippen MR) is 87.3 cm³/mol. The van der Waals surface area contributed by atoms with Gasteiger partial charge < -0.3 is 14.4 Å². The van der Waals surface area contributed by atoms with Crippen molar-refractivity contribution >= 4 is 0 Å². The van der Waals surface area contributed by atoms with Crippen LogP contribution in [0.2, 0.25) is 0 Å². The number of hydrogen-bond donors (Lipinski definition) is 0. The molecule has 3 heteroatoms. The van der Waals surface area contributed by atoms with Crippen molar-refractivity contribution in [1.82, 2.24) is 4.90 Å². The normalized spacial score (nSPS) is 15.7. The highest BCUT2D eigenvalue weighted by Gasteiger charge is 2.10. The Morgan fingerprint density at radius 2 is 2.00 bits per heavy atom. The van der Waals surface area contributed by atoms with E-state index in [1.54, 1.807) is 7.11 Å². The van der Waals surface area contributed by atoms with Crippen LogP contribution in [-0.2, 0) is 6.42 Å². The van der Waals surface area contributed by atoms with Gasteiger partial charge in [-0.1, -0.05) is 18.6 Å². The number of piperidine rings is 1. The number of ether oxygens (including phenoxy) is 2. The fourth-order valence-electron chi connectivity index (χ4n) is 2.78. The third kappa shape index (κ3) is 5.09. The molecular formula is C18H27NO2. The van der Waals surface area contributed by atoms with Gasteiger partial charge in [0.2, 0.25) is 0 Å². The molecule has 0 N–H and O–H groups in total. The first-order valence-electron chi connectivity index (χ1n) is 7.96. The summed E-state index contributed by atoms with van der Waals surface area (Å²) in [5.74, 6) is 1.65. The van der Waals surface area contributed by atoms with Crippen molar-refractivity contribution in [2.45, 2.75) is 32.1 Å². The highest BCUT2D eigenvalue weighted by molar-refractivity contribution is 5.43. The molecule has 21 heavy (non-hydrogen) atoms. The van der Waals surface area contributed by atoms with Crippen LogP contribution in [-0.4, -0.2) is 38.3 Å². The maximum Gasteiger partial charge on any atom is 0.161 e. The zero-order valence-corrected chi connectivity index (χ0v) is 13.1. The lowest BCUT2D eigenvalue weighted by Gasteiger charge is -2.26. The molecule has 0 aromatic heterocycles. The second kappa shape index (κ2) is 8.73. The van der Waals surface area contributed by atoms with E-state index in [2.05, 4.69) is 17.5 Å². The molecule has 0 atom stereocenters. The number of nitrogens with zero attached hydrogens (tertiary/aromatic N) is 1. The van der Waals surface area contributed by atoms with Crippen molar-refractivity contribution in [3.63, 3.8) is 0 Å². The van der Waals surface area contributed by atoms with Crippen molar-refractivity contribution in [1.29, 1.82) is 0 Å². The summed E-state index contributed by atoms with van der Waals surface area (Å²) in [4.78, 5) is 2.54. The molecule has 1 aromatic carbocycles. The van der Waals surface area contributed by atoms with Crippen molar-refractivity contribution in [3.8, 4) is 11.5 Å². The van der Waals surface area contributed by atoms with Crippen molar-refractivity contribution < 1.29 is 9.47 Å². The Kier molecular flexibility index (Phi) is 6.61. The van der Waals surface area contributed by atoms with E-state index >= 15 is 0 Å². The minimum atomic E-state index is 0.744. The summed E-state index contributed by atoms with van der Waals surface area (Å²) in [7, 11) is 1.69. The second-order valence-electron chi connectivity index (χ2n) is 5.58. The average Bonchev–Trinajstić information content (AvgIpc) is 2.53. The number of likely N-dealkylation sites (tertiary alicyclic amines) is 1. The number of hydrogen-bond acceptors (Lipinski definition) is 3. The van der Waals surface area contributed by atoms with Crippen molar-refractivity contribution in [2.24, 2.45) is 0 Å². The highest BCUT2D eigenvalue weighted by atomic mass is 16.5. The molecule has 116 valence electrons. The Morgan fingerprint density at radius 1 is 1.19 bits per heavy atom. The van der Waals surface area contributed by atoms with Crippen LogP contribution in [0.5, 0.6) is 11.5 Å². The molecule has 1 heterocycles. The van der Waals surface area contributed by atoms with Gasteiger partial charge in [0.15, 0.2) is 11.5 Å². The van der Waals surface area contributed by atoms with Crippen LogP contribution in [0.15, 0.2) is 30.9 Å². The Bertz CT molecular complexity index is 439. The van der Waals surface area contributed by atoms with E-state index < -0.39 is 0 Å². The summed E-state index contributed by atoms with van der Waals surface area (Å²) in [6.45, 7) is 8.14. The van der Waals surface area contributed by atoms with Crippen LogP contribution < -0.4 is 9.47 Å². The molecular weight excluding hydrogens is 262 g/mol. The summed E-state index contributed by atoms with van der Waals surface area (Å²) in [5, 5.41) is 0. The molecule has 1 aliphatic heterocycles. The van der Waals surface area contributed by atoms with E-state index in [0.717, 1.165) is 37.5 Å². The lowest BCUT2D eigenvalue weighted by atomic mass is 10.1. The SMILES string of the molecule is C=CCc1ccc(OCCCN2CCCCC2)c(OC)c1. The first kappa shape index (κ1) is 15.9. The summed E-state index contributed by atoms with van der Waals surface area (Å²) in [6, 6.07) is 6.10. The Labute approximate surface area is 128 Å². The van der Waals surface area contributed by atoms with Crippen LogP contribution in [0.3, 0.4) is 0 Å². The molecule has 0 aliphatic carbocycles. The minimum Gasteiger partial charge on any atom is -0.493 e. The summed E-state index contributed by atoms with van der Waals surface area (Å²) >= 11 is 0. The van der Waals surface area contributed by atoms with E-state index in [4.69, 9.17) is 9.47 Å². The van der Waals surface area contributed by atoms with E-state index in [1.165, 1.54) is 37.9 Å². The topological polar surface area (TPSA) is 21.7 Å². The van der Waals surface area contributed by atoms with Crippen LogP contribution in [0.4, 0.5) is 0 Å². The highest BCUT2D eigenvalue weighted by Crippen LogP contribution is 2.28. The molecule has 1 aromatic rings. The van der Waals surface area contributed by atoms with Gasteiger partial charge in [0, 0.05) is 6.54 Å². The first-order valence-corrected chi connectivity index (χ1v) is 7.96. The summed E-state index contributed by atoms with van der Waals surface area (Å²) in [5.41, 5.74) is 1.20. The molecule has 1 aliphatic rings. The van der Waals surface area contributed by atoms with E-state index in [9.17, 15) is 0 Å². The van der Waals surface area contributed by atoms with Crippen LogP contribution in [0.25, 0.3) is 0 Å². The lowest BCUT2D eigenvalue weighted by Crippen LogP contribution is -2.31. The van der Waals surface area contributed by atoms with Crippen LogP contribution in [0.1, 0.15) is 31.2 Å². The third-order valence-electron chi connectivity index (χ3n) is 3.93. The summed E-state index contributed by atoms with van der Waals surface area (Å²) in [6.07, 6.45) is 7.90. The van der Waals surface area contributed by atoms with E-state index in [-0.39, 0.29) is 0 Å². The van der Waals surface area contributed by atoms with Crippen molar-refractivity contribution in [2.75, 3.05) is 33.4 Å². The number of rotatable bonds is 8. The van der Waals surface area contributed by atoms with Crippen LogP contribution >= 0.6 is 0 Å². The van der Waals surface area contributed by atoms with Gasteiger partial charge in [-0.15, -0.1) is 6.58 Å². The van der Waals surface area contributed by atoms with E-state index in [1.807, 2.05) is 18.2 Å². The smallest absolute Gasteiger partial charge is 0.161 e. The third-order valence-corrected chi connectivity index (χ3v) is 3.93. The van der Waals surface area contributed by atoms with Gasteiger partial charge >= 0.3 is 0 Å². The molecule has 2 rings (SSSR count). The molecule has 0 amide bonds. The van der Waals surface area contributed by atoms with Gasteiger partial charge in [0.05, 0.1) is 13.7 Å². The molecule has 0 radical (unpaired) electrons. The molecule has 0 bridgehead atoms. The Morgan fingerprint density at radius 3 is 2.71 bits per heavy atom. The maximum atomic E-state index is 5.87. The fraction of sp³-hybridized carbons (Fsp3) is 0.556. The molecule has 3 nitrogen and oxygen atoms in total. The molecule has 0 spiro atoms. The fourth-order valence-corrected chi connectivity index (χ4v) is 2.78. The van der Waals surface area contributed by atoms with Gasteiger partial charge in [-0.2, -0.15) is 0 Å². The van der Waals surface area contributed by atoms with Gasteiger partial charge in [0.1, 0.15) is 0 Å². The lowest BCUT2D eigenvalue weighted by molar-refractivity contribution is 0.203.